The first-order valence-electron chi connectivity index (χ1n) is 6.85. The van der Waals surface area contributed by atoms with E-state index in [0.29, 0.717) is 11.0 Å². The van der Waals surface area contributed by atoms with E-state index in [2.05, 4.69) is 20.0 Å². The summed E-state index contributed by atoms with van der Waals surface area (Å²) in [7, 11) is 0. The summed E-state index contributed by atoms with van der Waals surface area (Å²) in [5, 5.41) is 6.28. The van der Waals surface area contributed by atoms with Gasteiger partial charge in [-0.2, -0.15) is 21.1 Å². The predicted molar refractivity (Wildman–Crippen MR) is 87.8 cm³/mol. The number of nitrogens with zero attached hydrogens (tertiary/aromatic N) is 2. The van der Waals surface area contributed by atoms with Gasteiger partial charge in [0.15, 0.2) is 5.82 Å². The topological polar surface area (TPSA) is 66.9 Å². The van der Waals surface area contributed by atoms with Crippen LogP contribution in [0.1, 0.15) is 12.8 Å². The molecule has 7 heteroatoms. The molecule has 1 aromatic heterocycles. The van der Waals surface area contributed by atoms with Crippen LogP contribution in [-0.2, 0) is 0 Å². The first kappa shape index (κ1) is 14.3. The van der Waals surface area contributed by atoms with Crippen molar-refractivity contribution < 1.29 is 4.79 Å². The molecule has 110 valence electrons. The van der Waals surface area contributed by atoms with Crippen molar-refractivity contribution in [3.8, 4) is 11.4 Å². The van der Waals surface area contributed by atoms with Crippen LogP contribution >= 0.6 is 23.3 Å². The Kier molecular flexibility index (Phi) is 4.72. The molecule has 0 bridgehead atoms. The SMILES string of the molecule is O=C(Nc1nc(-c2ccccc2)ns1)NC1CCSCC1. The number of rotatable bonds is 3. The highest BCUT2D eigenvalue weighted by molar-refractivity contribution is 7.99. The molecule has 1 fully saturated rings. The maximum Gasteiger partial charge on any atom is 0.321 e. The Morgan fingerprint density at radius 1 is 1.19 bits per heavy atom. The van der Waals surface area contributed by atoms with Crippen LogP contribution in [-0.4, -0.2) is 32.9 Å². The molecule has 0 aliphatic carbocycles. The Labute approximate surface area is 131 Å². The fourth-order valence-electron chi connectivity index (χ4n) is 2.14. The van der Waals surface area contributed by atoms with Gasteiger partial charge in [0, 0.05) is 23.1 Å². The molecule has 5 nitrogen and oxygen atoms in total. The van der Waals surface area contributed by atoms with Gasteiger partial charge in [0.25, 0.3) is 0 Å². The van der Waals surface area contributed by atoms with E-state index in [4.69, 9.17) is 0 Å². The third kappa shape index (κ3) is 3.95. The summed E-state index contributed by atoms with van der Waals surface area (Å²) >= 11 is 3.14. The summed E-state index contributed by atoms with van der Waals surface area (Å²) in [5.74, 6) is 2.87. The zero-order valence-corrected chi connectivity index (χ0v) is 13.0. The summed E-state index contributed by atoms with van der Waals surface area (Å²) < 4.78 is 4.27. The van der Waals surface area contributed by atoms with E-state index in [0.717, 1.165) is 29.9 Å². The summed E-state index contributed by atoms with van der Waals surface area (Å²) in [6.45, 7) is 0. The second-order valence-electron chi connectivity index (χ2n) is 4.77. The molecule has 0 unspecified atom stereocenters. The lowest BCUT2D eigenvalue weighted by atomic mass is 10.2. The number of anilines is 1. The number of carbonyl (C=O) groups excluding carboxylic acids is 1. The van der Waals surface area contributed by atoms with Crippen LogP contribution in [0.15, 0.2) is 30.3 Å². The molecular weight excluding hydrogens is 304 g/mol. The highest BCUT2D eigenvalue weighted by Gasteiger charge is 2.17. The number of hydrogen-bond acceptors (Lipinski definition) is 5. The van der Waals surface area contributed by atoms with Gasteiger partial charge in [0.2, 0.25) is 5.13 Å². The molecule has 1 aromatic carbocycles. The first-order chi connectivity index (χ1) is 10.3. The zero-order chi connectivity index (χ0) is 14.5. The lowest BCUT2D eigenvalue weighted by molar-refractivity contribution is 0.247. The highest BCUT2D eigenvalue weighted by Crippen LogP contribution is 2.21. The van der Waals surface area contributed by atoms with Gasteiger partial charge in [0.05, 0.1) is 0 Å². The van der Waals surface area contributed by atoms with Crippen LogP contribution < -0.4 is 10.6 Å². The fourth-order valence-corrected chi connectivity index (χ4v) is 3.83. The van der Waals surface area contributed by atoms with Gasteiger partial charge in [-0.1, -0.05) is 30.3 Å². The molecule has 2 amide bonds. The number of thioether (sulfide) groups is 1. The average molecular weight is 320 g/mol. The van der Waals surface area contributed by atoms with Gasteiger partial charge in [-0.25, -0.2) is 4.79 Å². The lowest BCUT2D eigenvalue weighted by Gasteiger charge is -2.22. The Hall–Kier alpha value is -1.60. The molecule has 1 aliphatic heterocycles. The minimum Gasteiger partial charge on any atom is -0.335 e. The summed E-state index contributed by atoms with van der Waals surface area (Å²) in [6.07, 6.45) is 2.06. The second kappa shape index (κ2) is 6.91. The number of aromatic nitrogens is 2. The minimum absolute atomic E-state index is 0.192. The molecule has 1 aliphatic rings. The molecule has 0 radical (unpaired) electrons. The fraction of sp³-hybridized carbons (Fsp3) is 0.357. The van der Waals surface area contributed by atoms with E-state index in [9.17, 15) is 4.79 Å². The molecule has 2 N–H and O–H groups in total. The van der Waals surface area contributed by atoms with Crippen LogP contribution in [0.3, 0.4) is 0 Å². The molecule has 3 rings (SSSR count). The maximum absolute atomic E-state index is 11.9. The molecule has 21 heavy (non-hydrogen) atoms. The monoisotopic (exact) mass is 320 g/mol. The van der Waals surface area contributed by atoms with Crippen molar-refractivity contribution in [3.63, 3.8) is 0 Å². The number of hydrogen-bond donors (Lipinski definition) is 2. The molecule has 0 saturated carbocycles. The van der Waals surface area contributed by atoms with Gasteiger partial charge in [-0.05, 0) is 24.3 Å². The van der Waals surface area contributed by atoms with Crippen LogP contribution in [0.25, 0.3) is 11.4 Å². The van der Waals surface area contributed by atoms with E-state index >= 15 is 0 Å². The number of carbonyl (C=O) groups is 1. The normalized spacial score (nSPS) is 15.6. The van der Waals surface area contributed by atoms with Crippen molar-refractivity contribution in [2.75, 3.05) is 16.8 Å². The number of amides is 2. The number of urea groups is 1. The van der Waals surface area contributed by atoms with Gasteiger partial charge < -0.3 is 5.32 Å². The van der Waals surface area contributed by atoms with Crippen molar-refractivity contribution in [1.29, 1.82) is 0 Å². The highest BCUT2D eigenvalue weighted by atomic mass is 32.2. The minimum atomic E-state index is -0.192. The van der Waals surface area contributed by atoms with Gasteiger partial charge >= 0.3 is 6.03 Å². The summed E-state index contributed by atoms with van der Waals surface area (Å²) in [4.78, 5) is 16.3. The third-order valence-corrected chi connectivity index (χ3v) is 4.91. The average Bonchev–Trinajstić information content (AvgIpc) is 2.97. The van der Waals surface area contributed by atoms with E-state index in [1.54, 1.807) is 0 Å². The van der Waals surface area contributed by atoms with Crippen molar-refractivity contribution >= 4 is 34.5 Å². The van der Waals surface area contributed by atoms with Gasteiger partial charge in [0.1, 0.15) is 0 Å². The summed E-state index contributed by atoms with van der Waals surface area (Å²) in [5.41, 5.74) is 0.950. The zero-order valence-electron chi connectivity index (χ0n) is 11.4. The third-order valence-electron chi connectivity index (χ3n) is 3.23. The number of benzene rings is 1. The molecule has 2 heterocycles. The second-order valence-corrected chi connectivity index (χ2v) is 6.75. The standard InChI is InChI=1S/C14H16N4OS2/c19-13(15-11-6-8-20-9-7-11)17-14-16-12(18-21-14)10-4-2-1-3-5-10/h1-5,11H,6-9H2,(H2,15,16,17,18,19). The predicted octanol–water partition coefficient (Wildman–Crippen LogP) is 3.22. The van der Waals surface area contributed by atoms with Gasteiger partial charge in [-0.3, -0.25) is 5.32 Å². The van der Waals surface area contributed by atoms with Crippen LogP contribution in [0.4, 0.5) is 9.93 Å². The van der Waals surface area contributed by atoms with E-state index in [-0.39, 0.29) is 12.1 Å². The molecule has 0 spiro atoms. The van der Waals surface area contributed by atoms with Crippen molar-refractivity contribution in [2.45, 2.75) is 18.9 Å². The van der Waals surface area contributed by atoms with Crippen molar-refractivity contribution in [1.82, 2.24) is 14.7 Å². The maximum atomic E-state index is 11.9. The lowest BCUT2D eigenvalue weighted by Crippen LogP contribution is -2.39. The van der Waals surface area contributed by atoms with Crippen molar-refractivity contribution in [3.05, 3.63) is 30.3 Å². The smallest absolute Gasteiger partial charge is 0.321 e. The quantitative estimate of drug-likeness (QED) is 0.911. The Morgan fingerprint density at radius 2 is 1.95 bits per heavy atom. The van der Waals surface area contributed by atoms with E-state index < -0.39 is 0 Å². The molecule has 2 aromatic rings. The van der Waals surface area contributed by atoms with Crippen LogP contribution in [0.5, 0.6) is 0 Å². The van der Waals surface area contributed by atoms with Gasteiger partial charge in [-0.15, -0.1) is 0 Å². The van der Waals surface area contributed by atoms with Crippen molar-refractivity contribution in [2.24, 2.45) is 0 Å². The van der Waals surface area contributed by atoms with E-state index in [1.165, 1.54) is 11.5 Å². The largest absolute Gasteiger partial charge is 0.335 e. The molecule has 0 atom stereocenters. The molecule has 1 saturated heterocycles. The first-order valence-corrected chi connectivity index (χ1v) is 8.78. The Morgan fingerprint density at radius 3 is 2.71 bits per heavy atom. The Bertz CT molecular complexity index is 596. The van der Waals surface area contributed by atoms with Crippen LogP contribution in [0.2, 0.25) is 0 Å². The van der Waals surface area contributed by atoms with Crippen LogP contribution in [0, 0.1) is 0 Å². The molecular formula is C14H16N4OS2. The number of nitrogens with one attached hydrogen (secondary N) is 2. The van der Waals surface area contributed by atoms with E-state index in [1.807, 2.05) is 42.1 Å². The Balaban J connectivity index is 1.58. The summed E-state index contributed by atoms with van der Waals surface area (Å²) in [6, 6.07) is 9.81.